The molecule has 1 heterocycles. The summed E-state index contributed by atoms with van der Waals surface area (Å²) in [5.74, 6) is 1.65. The molecule has 1 aromatic rings. The van der Waals surface area contributed by atoms with Gasteiger partial charge >= 0.3 is 0 Å². The van der Waals surface area contributed by atoms with Gasteiger partial charge < -0.3 is 24.6 Å². The summed E-state index contributed by atoms with van der Waals surface area (Å²) in [6.07, 6.45) is 3.38. The number of likely N-dealkylation sites (tertiary alicyclic amines) is 1. The van der Waals surface area contributed by atoms with Gasteiger partial charge in [-0.05, 0) is 50.4 Å². The van der Waals surface area contributed by atoms with Crippen molar-refractivity contribution in [1.82, 2.24) is 9.80 Å². The molecule has 1 aliphatic carbocycles. The molecule has 1 saturated heterocycles. The number of piperidine rings is 1. The van der Waals surface area contributed by atoms with E-state index >= 15 is 0 Å². The van der Waals surface area contributed by atoms with Gasteiger partial charge in [0.15, 0.2) is 0 Å². The second-order valence-electron chi connectivity index (χ2n) is 7.76. The summed E-state index contributed by atoms with van der Waals surface area (Å²) in [5, 5.41) is 20.0. The van der Waals surface area contributed by atoms with Crippen LogP contribution in [0.5, 0.6) is 11.5 Å². The minimum Gasteiger partial charge on any atom is -0.497 e. The molecule has 1 atom stereocenters. The Morgan fingerprint density at radius 1 is 1.22 bits per heavy atom. The molecule has 0 aromatic heterocycles. The smallest absolute Gasteiger partial charge is 0.124 e. The number of hydrogen-bond donors (Lipinski definition) is 2. The first-order valence-electron chi connectivity index (χ1n) is 10.2. The van der Waals surface area contributed by atoms with Gasteiger partial charge in [-0.1, -0.05) is 6.92 Å². The van der Waals surface area contributed by atoms with Crippen LogP contribution >= 0.6 is 0 Å². The number of aliphatic hydroxyl groups excluding tert-OH is 2. The van der Waals surface area contributed by atoms with Crippen LogP contribution in [0, 0.1) is 0 Å². The lowest BCUT2D eigenvalue weighted by Gasteiger charge is -2.31. The molecular formula is C21H34N2O4. The highest BCUT2D eigenvalue weighted by molar-refractivity contribution is 5.40. The van der Waals surface area contributed by atoms with E-state index in [0.29, 0.717) is 12.6 Å². The molecule has 2 aliphatic rings. The molecule has 152 valence electrons. The van der Waals surface area contributed by atoms with Crippen molar-refractivity contribution in [2.24, 2.45) is 0 Å². The van der Waals surface area contributed by atoms with Crippen molar-refractivity contribution in [3.8, 4) is 11.5 Å². The minimum absolute atomic E-state index is 0.190. The van der Waals surface area contributed by atoms with Gasteiger partial charge in [0, 0.05) is 37.8 Å². The average Bonchev–Trinajstić information content (AvgIpc) is 3.51. The number of hydrogen-bond acceptors (Lipinski definition) is 6. The fraction of sp³-hybridized carbons (Fsp3) is 0.714. The minimum atomic E-state index is -0.541. The van der Waals surface area contributed by atoms with Crippen LogP contribution in [-0.2, 0) is 6.54 Å². The monoisotopic (exact) mass is 378 g/mol. The third-order valence-electron chi connectivity index (χ3n) is 5.57. The highest BCUT2D eigenvalue weighted by Crippen LogP contribution is 2.31. The van der Waals surface area contributed by atoms with Gasteiger partial charge in [-0.25, -0.2) is 0 Å². The second kappa shape index (κ2) is 9.73. The molecule has 1 saturated carbocycles. The quantitative estimate of drug-likeness (QED) is 0.648. The summed E-state index contributed by atoms with van der Waals surface area (Å²) in [6.45, 7) is 6.57. The van der Waals surface area contributed by atoms with Crippen molar-refractivity contribution in [2.45, 2.75) is 57.4 Å². The van der Waals surface area contributed by atoms with Crippen molar-refractivity contribution in [2.75, 3.05) is 39.9 Å². The summed E-state index contributed by atoms with van der Waals surface area (Å²) >= 11 is 0. The summed E-state index contributed by atoms with van der Waals surface area (Å²) < 4.78 is 11.4. The van der Waals surface area contributed by atoms with E-state index in [-0.39, 0.29) is 12.7 Å². The maximum absolute atomic E-state index is 10.4. The first-order valence-corrected chi connectivity index (χ1v) is 10.2. The molecule has 6 nitrogen and oxygen atoms in total. The lowest BCUT2D eigenvalue weighted by Crippen LogP contribution is -2.41. The number of ether oxygens (including phenoxy) is 2. The molecule has 0 spiro atoms. The zero-order valence-corrected chi connectivity index (χ0v) is 16.6. The maximum Gasteiger partial charge on any atom is 0.124 e. The van der Waals surface area contributed by atoms with E-state index < -0.39 is 6.10 Å². The SMILES string of the molecule is CCN(Cc1cc(OC)ccc1OCC(O)CN1CCC(O)CC1)C1CC1. The Labute approximate surface area is 162 Å². The Hall–Kier alpha value is -1.34. The Bertz CT molecular complexity index is 586. The van der Waals surface area contributed by atoms with Crippen molar-refractivity contribution in [3.63, 3.8) is 0 Å². The van der Waals surface area contributed by atoms with Crippen LogP contribution in [-0.4, -0.2) is 78.2 Å². The third-order valence-corrected chi connectivity index (χ3v) is 5.57. The molecule has 1 aromatic carbocycles. The van der Waals surface area contributed by atoms with E-state index in [0.717, 1.165) is 56.1 Å². The van der Waals surface area contributed by atoms with Gasteiger partial charge in [-0.15, -0.1) is 0 Å². The van der Waals surface area contributed by atoms with E-state index in [1.807, 2.05) is 18.2 Å². The van der Waals surface area contributed by atoms with Gasteiger partial charge in [0.2, 0.25) is 0 Å². The first-order chi connectivity index (χ1) is 13.1. The highest BCUT2D eigenvalue weighted by atomic mass is 16.5. The average molecular weight is 379 g/mol. The van der Waals surface area contributed by atoms with Crippen molar-refractivity contribution in [1.29, 1.82) is 0 Å². The molecule has 1 unspecified atom stereocenters. The Morgan fingerprint density at radius 2 is 1.96 bits per heavy atom. The number of benzene rings is 1. The predicted octanol–water partition coefficient (Wildman–Crippen LogP) is 1.88. The molecule has 6 heteroatoms. The van der Waals surface area contributed by atoms with Crippen molar-refractivity contribution < 1.29 is 19.7 Å². The van der Waals surface area contributed by atoms with Gasteiger partial charge in [-0.3, -0.25) is 4.90 Å². The topological polar surface area (TPSA) is 65.4 Å². The largest absolute Gasteiger partial charge is 0.497 e. The highest BCUT2D eigenvalue weighted by Gasteiger charge is 2.28. The summed E-state index contributed by atoms with van der Waals surface area (Å²) in [4.78, 5) is 4.67. The fourth-order valence-corrected chi connectivity index (χ4v) is 3.74. The lowest BCUT2D eigenvalue weighted by molar-refractivity contribution is 0.0335. The predicted molar refractivity (Wildman–Crippen MR) is 105 cm³/mol. The van der Waals surface area contributed by atoms with Gasteiger partial charge in [0.1, 0.15) is 24.2 Å². The number of nitrogens with zero attached hydrogens (tertiary/aromatic N) is 2. The fourth-order valence-electron chi connectivity index (χ4n) is 3.74. The zero-order valence-electron chi connectivity index (χ0n) is 16.6. The van der Waals surface area contributed by atoms with Crippen LogP contribution in [0.3, 0.4) is 0 Å². The molecule has 27 heavy (non-hydrogen) atoms. The Kier molecular flexibility index (Phi) is 7.35. The summed E-state index contributed by atoms with van der Waals surface area (Å²) in [6, 6.07) is 6.58. The summed E-state index contributed by atoms with van der Waals surface area (Å²) in [7, 11) is 1.68. The van der Waals surface area contributed by atoms with E-state index in [1.54, 1.807) is 7.11 Å². The molecule has 2 N–H and O–H groups in total. The van der Waals surface area contributed by atoms with Gasteiger partial charge in [-0.2, -0.15) is 0 Å². The normalized spacial score (nSPS) is 20.0. The van der Waals surface area contributed by atoms with E-state index in [2.05, 4.69) is 16.7 Å². The number of methoxy groups -OCH3 is 1. The molecule has 3 rings (SSSR count). The standard InChI is InChI=1S/C21H34N2O4/c1-3-23(17-4-5-17)13-16-12-20(26-2)6-7-21(16)27-15-19(25)14-22-10-8-18(24)9-11-22/h6-7,12,17-19,24-25H,3-5,8-11,13-15H2,1-2H3. The molecule has 0 amide bonds. The first kappa shape index (κ1) is 20.4. The number of aliphatic hydroxyl groups is 2. The molecule has 0 bridgehead atoms. The number of β-amino-alcohol motifs (C(OH)–C–C–N with tert-alkyl or cyclic N) is 1. The molecule has 0 radical (unpaired) electrons. The Morgan fingerprint density at radius 3 is 2.59 bits per heavy atom. The van der Waals surface area contributed by atoms with E-state index in [4.69, 9.17) is 9.47 Å². The van der Waals surface area contributed by atoms with Crippen LogP contribution in [0.1, 0.15) is 38.2 Å². The zero-order chi connectivity index (χ0) is 19.2. The van der Waals surface area contributed by atoms with Gasteiger partial charge in [0.25, 0.3) is 0 Å². The second-order valence-corrected chi connectivity index (χ2v) is 7.76. The van der Waals surface area contributed by atoms with Crippen LogP contribution in [0.15, 0.2) is 18.2 Å². The third kappa shape index (κ3) is 6.07. The van der Waals surface area contributed by atoms with E-state index in [1.165, 1.54) is 12.8 Å². The Balaban J connectivity index is 1.56. The van der Waals surface area contributed by atoms with Crippen LogP contribution in [0.4, 0.5) is 0 Å². The summed E-state index contributed by atoms with van der Waals surface area (Å²) in [5.41, 5.74) is 1.11. The van der Waals surface area contributed by atoms with Crippen LogP contribution < -0.4 is 9.47 Å². The van der Waals surface area contributed by atoms with Crippen molar-refractivity contribution >= 4 is 0 Å². The van der Waals surface area contributed by atoms with E-state index in [9.17, 15) is 10.2 Å². The van der Waals surface area contributed by atoms with Crippen molar-refractivity contribution in [3.05, 3.63) is 23.8 Å². The number of rotatable bonds is 10. The van der Waals surface area contributed by atoms with Crippen LogP contribution in [0.2, 0.25) is 0 Å². The lowest BCUT2D eigenvalue weighted by atomic mass is 10.1. The molecule has 1 aliphatic heterocycles. The van der Waals surface area contributed by atoms with Crippen LogP contribution in [0.25, 0.3) is 0 Å². The molecule has 2 fully saturated rings. The molecular weight excluding hydrogens is 344 g/mol. The maximum atomic E-state index is 10.4. The van der Waals surface area contributed by atoms with Gasteiger partial charge in [0.05, 0.1) is 13.2 Å².